The Hall–Kier alpha value is -1.28. The Kier molecular flexibility index (Phi) is 14.4. The lowest BCUT2D eigenvalue weighted by atomic mass is 9.81. The summed E-state index contributed by atoms with van der Waals surface area (Å²) >= 11 is 0. The molecule has 1 N–H and O–H groups in total. The summed E-state index contributed by atoms with van der Waals surface area (Å²) in [5.41, 5.74) is 0.748. The Morgan fingerprint density at radius 3 is 2.47 bits per heavy atom. The van der Waals surface area contributed by atoms with Crippen LogP contribution in [0.4, 0.5) is 0 Å². The monoisotopic (exact) mass is 523 g/mol. The molecule has 0 unspecified atom stereocenters. The third-order valence-corrected chi connectivity index (χ3v) is 12.3. The van der Waals surface area contributed by atoms with E-state index in [0.29, 0.717) is 25.8 Å². The topological polar surface area (TPSA) is 73.9 Å². The predicted molar refractivity (Wildman–Crippen MR) is 151 cm³/mol. The minimum Gasteiger partial charge on any atom is -0.413 e. The molecule has 0 spiro atoms. The van der Waals surface area contributed by atoms with Gasteiger partial charge in [-0.05, 0) is 56.3 Å². The molecule has 1 aliphatic carbocycles. The zero-order chi connectivity index (χ0) is 27.4. The Labute approximate surface area is 221 Å². The van der Waals surface area contributed by atoms with Crippen LogP contribution in [-0.4, -0.2) is 59.1 Å². The quantitative estimate of drug-likeness (QED) is 0.145. The maximum Gasteiger partial charge on any atom is 0.220 e. The minimum atomic E-state index is -2.08. The van der Waals surface area contributed by atoms with Crippen molar-refractivity contribution in [2.45, 2.75) is 122 Å². The van der Waals surface area contributed by atoms with Gasteiger partial charge >= 0.3 is 0 Å². The van der Waals surface area contributed by atoms with E-state index in [1.54, 1.807) is 14.2 Å². The maximum absolute atomic E-state index is 13.2. The van der Waals surface area contributed by atoms with Crippen molar-refractivity contribution in [3.05, 3.63) is 23.8 Å². The first-order valence-corrected chi connectivity index (χ1v) is 16.6. The lowest BCUT2D eigenvalue weighted by Gasteiger charge is -2.43. The SMILES string of the molecule is CCCCC[C@@H](C/C=C/CCC(=O)NC[C@@H](OC)[C@H]1C(=O)C(C)=CC[C@@H]1O[Si](C)(C)C(C)(C)C)OC. The van der Waals surface area contributed by atoms with Gasteiger partial charge in [-0.15, -0.1) is 0 Å². The molecule has 36 heavy (non-hydrogen) atoms. The van der Waals surface area contributed by atoms with E-state index in [4.69, 9.17) is 13.9 Å². The Balaban J connectivity index is 2.64. The molecule has 1 aliphatic rings. The van der Waals surface area contributed by atoms with Crippen molar-refractivity contribution in [3.8, 4) is 0 Å². The van der Waals surface area contributed by atoms with Crippen LogP contribution in [0.15, 0.2) is 23.8 Å². The van der Waals surface area contributed by atoms with Crippen LogP contribution in [0, 0.1) is 5.92 Å². The van der Waals surface area contributed by atoms with E-state index < -0.39 is 20.3 Å². The second kappa shape index (κ2) is 15.9. The summed E-state index contributed by atoms with van der Waals surface area (Å²) in [6.07, 6.45) is 13.1. The Morgan fingerprint density at radius 1 is 1.19 bits per heavy atom. The van der Waals surface area contributed by atoms with Gasteiger partial charge in [0.2, 0.25) is 5.91 Å². The van der Waals surface area contributed by atoms with Gasteiger partial charge in [0.1, 0.15) is 0 Å². The third-order valence-electron chi connectivity index (χ3n) is 7.77. The number of ether oxygens (including phenoxy) is 2. The molecule has 0 aliphatic heterocycles. The molecule has 7 heteroatoms. The fourth-order valence-corrected chi connectivity index (χ4v) is 5.60. The fourth-order valence-electron chi connectivity index (χ4n) is 4.25. The molecular formula is C29H53NO5Si. The number of nitrogens with one attached hydrogen (secondary N) is 1. The maximum atomic E-state index is 13.2. The van der Waals surface area contributed by atoms with Crippen LogP contribution >= 0.6 is 0 Å². The zero-order valence-corrected chi connectivity index (χ0v) is 25.4. The van der Waals surface area contributed by atoms with Gasteiger partial charge in [-0.1, -0.05) is 65.2 Å². The zero-order valence-electron chi connectivity index (χ0n) is 24.4. The van der Waals surface area contributed by atoms with E-state index in [1.807, 2.05) is 13.0 Å². The van der Waals surface area contributed by atoms with Crippen molar-refractivity contribution in [2.75, 3.05) is 20.8 Å². The molecule has 1 rings (SSSR count). The number of Topliss-reactive ketones (excluding diaryl/α,β-unsaturated/α-hetero) is 1. The lowest BCUT2D eigenvalue weighted by molar-refractivity contribution is -0.131. The highest BCUT2D eigenvalue weighted by Crippen LogP contribution is 2.40. The van der Waals surface area contributed by atoms with Crippen molar-refractivity contribution >= 4 is 20.0 Å². The summed E-state index contributed by atoms with van der Waals surface area (Å²) in [4.78, 5) is 25.7. The van der Waals surface area contributed by atoms with Crippen molar-refractivity contribution < 1.29 is 23.5 Å². The van der Waals surface area contributed by atoms with E-state index in [9.17, 15) is 9.59 Å². The molecule has 208 valence electrons. The highest BCUT2D eigenvalue weighted by atomic mass is 28.4. The molecule has 0 aromatic heterocycles. The molecule has 6 nitrogen and oxygen atoms in total. The normalized spacial score (nSPS) is 20.9. The summed E-state index contributed by atoms with van der Waals surface area (Å²) < 4.78 is 18.0. The van der Waals surface area contributed by atoms with Crippen LogP contribution in [0.1, 0.15) is 86.0 Å². The van der Waals surface area contributed by atoms with E-state index in [-0.39, 0.29) is 28.9 Å². The van der Waals surface area contributed by atoms with Gasteiger partial charge in [0.05, 0.1) is 24.2 Å². The van der Waals surface area contributed by atoms with E-state index in [1.165, 1.54) is 19.3 Å². The standard InChI is InChI=1S/C29H53NO5Si/c1-10-11-13-16-23(33-6)17-14-12-15-18-26(31)30-21-25(34-7)27-24(20-19-22(2)28(27)32)35-36(8,9)29(3,4)5/h12,14,19,23-25,27H,10-11,13,15-18,20-21H2,1-9H3,(H,30,31)/b14-12+/t23-,24-,25+,27-/m0/s1. The Bertz CT molecular complexity index is 740. The van der Waals surface area contributed by atoms with Crippen LogP contribution in [0.5, 0.6) is 0 Å². The lowest BCUT2D eigenvalue weighted by Crippen LogP contribution is -2.53. The van der Waals surface area contributed by atoms with Gasteiger partial charge in [-0.3, -0.25) is 9.59 Å². The van der Waals surface area contributed by atoms with E-state index in [2.05, 4.69) is 58.3 Å². The number of methoxy groups -OCH3 is 2. The molecule has 0 saturated heterocycles. The van der Waals surface area contributed by atoms with Crippen LogP contribution in [0.2, 0.25) is 18.1 Å². The molecule has 0 heterocycles. The molecule has 1 amide bonds. The number of hydrogen-bond donors (Lipinski definition) is 1. The summed E-state index contributed by atoms with van der Waals surface area (Å²) in [6, 6.07) is 0. The van der Waals surface area contributed by atoms with E-state index >= 15 is 0 Å². The number of ketones is 1. The van der Waals surface area contributed by atoms with Gasteiger partial charge in [-0.25, -0.2) is 0 Å². The highest BCUT2D eigenvalue weighted by molar-refractivity contribution is 6.74. The Morgan fingerprint density at radius 2 is 1.89 bits per heavy atom. The van der Waals surface area contributed by atoms with Gasteiger partial charge in [-0.2, -0.15) is 0 Å². The van der Waals surface area contributed by atoms with Crippen molar-refractivity contribution in [3.63, 3.8) is 0 Å². The molecular weight excluding hydrogens is 470 g/mol. The molecule has 4 atom stereocenters. The number of carbonyl (C=O) groups is 2. The molecule has 0 radical (unpaired) electrons. The summed E-state index contributed by atoms with van der Waals surface area (Å²) in [5, 5.41) is 3.03. The molecule has 0 aromatic rings. The highest BCUT2D eigenvalue weighted by Gasteiger charge is 2.45. The molecule has 0 aromatic carbocycles. The van der Waals surface area contributed by atoms with Crippen LogP contribution in [0.3, 0.4) is 0 Å². The second-order valence-corrected chi connectivity index (χ2v) is 16.4. The third kappa shape index (κ3) is 10.6. The summed E-state index contributed by atoms with van der Waals surface area (Å²) in [5.74, 6) is -0.404. The minimum absolute atomic E-state index is 0.0367. The number of carbonyl (C=O) groups excluding carboxylic acids is 2. The average Bonchev–Trinajstić information content (AvgIpc) is 2.81. The number of amides is 1. The number of allylic oxidation sites excluding steroid dienone is 2. The molecule has 0 bridgehead atoms. The average molecular weight is 524 g/mol. The largest absolute Gasteiger partial charge is 0.413 e. The van der Waals surface area contributed by atoms with Gasteiger partial charge < -0.3 is 19.2 Å². The number of hydrogen-bond acceptors (Lipinski definition) is 5. The first kappa shape index (κ1) is 32.7. The second-order valence-electron chi connectivity index (χ2n) is 11.6. The summed E-state index contributed by atoms with van der Waals surface area (Å²) in [7, 11) is 1.30. The van der Waals surface area contributed by atoms with Crippen molar-refractivity contribution in [1.82, 2.24) is 5.32 Å². The van der Waals surface area contributed by atoms with Crippen LogP contribution in [-0.2, 0) is 23.5 Å². The van der Waals surface area contributed by atoms with Gasteiger partial charge in [0, 0.05) is 27.2 Å². The predicted octanol–water partition coefficient (Wildman–Crippen LogP) is 6.37. The first-order valence-electron chi connectivity index (χ1n) is 13.7. The van der Waals surface area contributed by atoms with Gasteiger partial charge in [0.15, 0.2) is 14.1 Å². The first-order chi connectivity index (χ1) is 16.9. The van der Waals surface area contributed by atoms with Crippen molar-refractivity contribution in [2.24, 2.45) is 5.92 Å². The number of rotatable bonds is 16. The van der Waals surface area contributed by atoms with Crippen LogP contribution in [0.25, 0.3) is 0 Å². The van der Waals surface area contributed by atoms with Crippen LogP contribution < -0.4 is 5.32 Å². The van der Waals surface area contributed by atoms with E-state index in [0.717, 1.165) is 18.4 Å². The van der Waals surface area contributed by atoms with Crippen molar-refractivity contribution in [1.29, 1.82) is 0 Å². The number of unbranched alkanes of at least 4 members (excludes halogenated alkanes) is 2. The fraction of sp³-hybridized carbons (Fsp3) is 0.793. The summed E-state index contributed by atoms with van der Waals surface area (Å²) in [6.45, 7) is 15.4. The van der Waals surface area contributed by atoms with Gasteiger partial charge in [0.25, 0.3) is 0 Å². The molecule has 0 fully saturated rings. The molecule has 0 saturated carbocycles. The smallest absolute Gasteiger partial charge is 0.220 e.